The van der Waals surface area contributed by atoms with Crippen molar-refractivity contribution >= 4 is 29.1 Å². The van der Waals surface area contributed by atoms with Crippen molar-refractivity contribution in [2.75, 3.05) is 19.0 Å². The van der Waals surface area contributed by atoms with Crippen LogP contribution in [0.1, 0.15) is 5.56 Å². The number of halogens is 2. The molecule has 0 saturated carbocycles. The average Bonchev–Trinajstić information content (AvgIpc) is 2.58. The first kappa shape index (κ1) is 17.7. The number of carbonyl (C=O) groups excluding carboxylic acids is 2. The molecule has 2 aromatic rings. The fourth-order valence-electron chi connectivity index (χ4n) is 1.95. The van der Waals surface area contributed by atoms with Gasteiger partial charge in [-0.25, -0.2) is 4.39 Å². The van der Waals surface area contributed by atoms with E-state index in [2.05, 4.69) is 10.6 Å². The maximum absolute atomic E-state index is 13.3. The zero-order valence-electron chi connectivity index (χ0n) is 12.9. The minimum atomic E-state index is -0.869. The average molecular weight is 351 g/mol. The number of carbonyl (C=O) groups is 2. The molecule has 2 rings (SSSR count). The van der Waals surface area contributed by atoms with Crippen molar-refractivity contribution in [2.24, 2.45) is 0 Å². The van der Waals surface area contributed by atoms with Gasteiger partial charge >= 0.3 is 11.8 Å². The maximum Gasteiger partial charge on any atom is 0.313 e. The molecule has 2 N–H and O–H groups in total. The highest BCUT2D eigenvalue weighted by Gasteiger charge is 2.13. The summed E-state index contributed by atoms with van der Waals surface area (Å²) in [6.07, 6.45) is 0.568. The molecule has 0 spiro atoms. The highest BCUT2D eigenvalue weighted by Crippen LogP contribution is 2.18. The van der Waals surface area contributed by atoms with E-state index >= 15 is 0 Å². The van der Waals surface area contributed by atoms with Crippen molar-refractivity contribution in [3.8, 4) is 5.75 Å². The Morgan fingerprint density at radius 2 is 1.83 bits per heavy atom. The minimum absolute atomic E-state index is 0.0584. The molecule has 0 radical (unpaired) electrons. The molecular formula is C17H16ClFN2O3. The second kappa shape index (κ2) is 8.31. The van der Waals surface area contributed by atoms with Gasteiger partial charge in [-0.3, -0.25) is 9.59 Å². The van der Waals surface area contributed by atoms with Crippen molar-refractivity contribution in [1.29, 1.82) is 0 Å². The van der Waals surface area contributed by atoms with Gasteiger partial charge in [-0.05, 0) is 42.3 Å². The SMILES string of the molecule is COc1ccc(CCNC(=O)C(=O)Nc2ccc(Cl)c(F)c2)cc1. The number of ether oxygens (including phenoxy) is 1. The summed E-state index contributed by atoms with van der Waals surface area (Å²) in [7, 11) is 1.58. The molecule has 0 aliphatic carbocycles. The Labute approximate surface area is 143 Å². The van der Waals surface area contributed by atoms with Gasteiger partial charge < -0.3 is 15.4 Å². The van der Waals surface area contributed by atoms with Crippen LogP contribution >= 0.6 is 11.6 Å². The van der Waals surface area contributed by atoms with E-state index in [-0.39, 0.29) is 10.7 Å². The van der Waals surface area contributed by atoms with Gasteiger partial charge in [0, 0.05) is 12.2 Å². The van der Waals surface area contributed by atoms with Crippen LogP contribution in [0.3, 0.4) is 0 Å². The number of benzene rings is 2. The first-order valence-electron chi connectivity index (χ1n) is 7.17. The highest BCUT2D eigenvalue weighted by atomic mass is 35.5. The van der Waals surface area contributed by atoms with Crippen LogP contribution in [-0.2, 0) is 16.0 Å². The maximum atomic E-state index is 13.3. The van der Waals surface area contributed by atoms with Gasteiger partial charge in [0.05, 0.1) is 12.1 Å². The van der Waals surface area contributed by atoms with Gasteiger partial charge in [0.2, 0.25) is 0 Å². The predicted octanol–water partition coefficient (Wildman–Crippen LogP) is 2.79. The molecule has 0 aliphatic rings. The summed E-state index contributed by atoms with van der Waals surface area (Å²) in [5.74, 6) is -1.59. The van der Waals surface area contributed by atoms with Gasteiger partial charge in [0.25, 0.3) is 0 Å². The van der Waals surface area contributed by atoms with Crippen molar-refractivity contribution in [3.63, 3.8) is 0 Å². The molecular weight excluding hydrogens is 335 g/mol. The largest absolute Gasteiger partial charge is 0.497 e. The van der Waals surface area contributed by atoms with Crippen LogP contribution in [0.5, 0.6) is 5.75 Å². The lowest BCUT2D eigenvalue weighted by molar-refractivity contribution is -0.136. The Kier molecular flexibility index (Phi) is 6.14. The van der Waals surface area contributed by atoms with Gasteiger partial charge in [0.1, 0.15) is 11.6 Å². The number of amides is 2. The molecule has 0 fully saturated rings. The Morgan fingerprint density at radius 1 is 1.12 bits per heavy atom. The number of nitrogens with one attached hydrogen (secondary N) is 2. The standard InChI is InChI=1S/C17H16ClFN2O3/c1-24-13-5-2-11(3-6-13)8-9-20-16(22)17(23)21-12-4-7-14(18)15(19)10-12/h2-7,10H,8-9H2,1H3,(H,20,22)(H,21,23). The molecule has 2 aromatic carbocycles. The number of hydrogen-bond acceptors (Lipinski definition) is 3. The fraction of sp³-hybridized carbons (Fsp3) is 0.176. The Bertz CT molecular complexity index is 735. The van der Waals surface area contributed by atoms with Crippen LogP contribution in [0.4, 0.5) is 10.1 Å². The topological polar surface area (TPSA) is 67.4 Å². The number of hydrogen-bond donors (Lipinski definition) is 2. The van der Waals surface area contributed by atoms with Crippen LogP contribution in [0.2, 0.25) is 5.02 Å². The molecule has 0 heterocycles. The van der Waals surface area contributed by atoms with Gasteiger partial charge in [-0.15, -0.1) is 0 Å². The van der Waals surface area contributed by atoms with Crippen LogP contribution in [0, 0.1) is 5.82 Å². The van der Waals surface area contributed by atoms with Crippen molar-refractivity contribution in [3.05, 3.63) is 58.9 Å². The van der Waals surface area contributed by atoms with Crippen LogP contribution in [0.15, 0.2) is 42.5 Å². The number of rotatable bonds is 5. The summed E-state index contributed by atoms with van der Waals surface area (Å²) in [6, 6.07) is 11.1. The molecule has 24 heavy (non-hydrogen) atoms. The van der Waals surface area contributed by atoms with Gasteiger partial charge in [-0.1, -0.05) is 23.7 Å². The lowest BCUT2D eigenvalue weighted by Gasteiger charge is -2.07. The minimum Gasteiger partial charge on any atom is -0.497 e. The molecule has 0 aromatic heterocycles. The van der Waals surface area contributed by atoms with Crippen LogP contribution < -0.4 is 15.4 Å². The van der Waals surface area contributed by atoms with E-state index in [9.17, 15) is 14.0 Å². The predicted molar refractivity (Wildman–Crippen MR) is 89.7 cm³/mol. The third-order valence-electron chi connectivity index (χ3n) is 3.24. The van der Waals surface area contributed by atoms with E-state index in [4.69, 9.17) is 16.3 Å². The highest BCUT2D eigenvalue weighted by molar-refractivity contribution is 6.39. The normalized spacial score (nSPS) is 10.1. The molecule has 7 heteroatoms. The molecule has 0 bridgehead atoms. The van der Waals surface area contributed by atoms with E-state index < -0.39 is 17.6 Å². The quantitative estimate of drug-likeness (QED) is 0.815. The first-order valence-corrected chi connectivity index (χ1v) is 7.54. The first-order chi connectivity index (χ1) is 11.5. The molecule has 126 valence electrons. The Morgan fingerprint density at radius 3 is 2.46 bits per heavy atom. The van der Waals surface area contributed by atoms with E-state index in [1.807, 2.05) is 24.3 Å². The lowest BCUT2D eigenvalue weighted by Crippen LogP contribution is -2.36. The van der Waals surface area contributed by atoms with E-state index in [0.717, 1.165) is 17.4 Å². The summed E-state index contributed by atoms with van der Waals surface area (Å²) in [4.78, 5) is 23.5. The van der Waals surface area contributed by atoms with E-state index in [1.54, 1.807) is 7.11 Å². The van der Waals surface area contributed by atoms with E-state index in [0.29, 0.717) is 13.0 Å². The zero-order chi connectivity index (χ0) is 17.5. The van der Waals surface area contributed by atoms with Crippen molar-refractivity contribution in [1.82, 2.24) is 5.32 Å². The smallest absolute Gasteiger partial charge is 0.313 e. The summed E-state index contributed by atoms with van der Waals surface area (Å²) in [5, 5.41) is 4.75. The van der Waals surface area contributed by atoms with Crippen molar-refractivity contribution in [2.45, 2.75) is 6.42 Å². The summed E-state index contributed by atoms with van der Waals surface area (Å²) < 4.78 is 18.3. The number of methoxy groups -OCH3 is 1. The fourth-order valence-corrected chi connectivity index (χ4v) is 2.07. The summed E-state index contributed by atoms with van der Waals surface area (Å²) in [6.45, 7) is 0.299. The molecule has 0 aliphatic heterocycles. The Hall–Kier alpha value is -2.60. The van der Waals surface area contributed by atoms with Gasteiger partial charge in [0.15, 0.2) is 0 Å². The lowest BCUT2D eigenvalue weighted by atomic mass is 10.1. The van der Waals surface area contributed by atoms with E-state index in [1.165, 1.54) is 12.1 Å². The van der Waals surface area contributed by atoms with Gasteiger partial charge in [-0.2, -0.15) is 0 Å². The summed E-state index contributed by atoms with van der Waals surface area (Å²) in [5.41, 5.74) is 1.16. The third-order valence-corrected chi connectivity index (χ3v) is 3.55. The Balaban J connectivity index is 1.80. The molecule has 5 nitrogen and oxygen atoms in total. The monoisotopic (exact) mass is 350 g/mol. The zero-order valence-corrected chi connectivity index (χ0v) is 13.7. The molecule has 0 atom stereocenters. The molecule has 0 saturated heterocycles. The third kappa shape index (κ3) is 4.96. The van der Waals surface area contributed by atoms with Crippen LogP contribution in [0.25, 0.3) is 0 Å². The second-order valence-corrected chi connectivity index (χ2v) is 5.34. The second-order valence-electron chi connectivity index (χ2n) is 4.94. The number of anilines is 1. The van der Waals surface area contributed by atoms with Crippen LogP contribution in [-0.4, -0.2) is 25.5 Å². The summed E-state index contributed by atoms with van der Waals surface area (Å²) >= 11 is 5.55. The molecule has 0 unspecified atom stereocenters. The van der Waals surface area contributed by atoms with Crippen molar-refractivity contribution < 1.29 is 18.7 Å². The molecule has 2 amide bonds.